The molecule has 0 bridgehead atoms. The predicted octanol–water partition coefficient (Wildman–Crippen LogP) is -1.68. The standard InChI is InChI=1S/C5H13O7P.C3H4O2/c6-1-5(2-7,3-8)4-12-13(9,10)11;1-2-3(4)5/h6-8H,1-4H2,(H2,9,10,11);2H,1H2,(H,4,5). The van der Waals surface area contributed by atoms with E-state index >= 15 is 0 Å². The maximum absolute atomic E-state index is 10.3. The van der Waals surface area contributed by atoms with Gasteiger partial charge < -0.3 is 30.2 Å². The fourth-order valence-corrected chi connectivity index (χ4v) is 0.950. The fraction of sp³-hybridized carbons (Fsp3) is 0.625. The van der Waals surface area contributed by atoms with Crippen molar-refractivity contribution in [2.75, 3.05) is 26.4 Å². The van der Waals surface area contributed by atoms with Crippen LogP contribution in [0.25, 0.3) is 0 Å². The number of rotatable bonds is 7. The Morgan fingerprint density at radius 2 is 1.56 bits per heavy atom. The Labute approximate surface area is 103 Å². The predicted molar refractivity (Wildman–Crippen MR) is 59.5 cm³/mol. The monoisotopic (exact) mass is 288 g/mol. The summed E-state index contributed by atoms with van der Waals surface area (Å²) in [6.07, 6.45) is 0.833. The van der Waals surface area contributed by atoms with Gasteiger partial charge in [-0.25, -0.2) is 9.36 Å². The molecule has 0 heterocycles. The van der Waals surface area contributed by atoms with Gasteiger partial charge in [-0.1, -0.05) is 6.58 Å². The summed E-state index contributed by atoms with van der Waals surface area (Å²) in [6, 6.07) is 0. The lowest BCUT2D eigenvalue weighted by Crippen LogP contribution is -2.38. The normalized spacial score (nSPS) is 11.4. The van der Waals surface area contributed by atoms with E-state index in [0.29, 0.717) is 0 Å². The molecular weight excluding hydrogens is 271 g/mol. The highest BCUT2D eigenvalue weighted by atomic mass is 31.2. The number of aliphatic carboxylic acids is 1. The van der Waals surface area contributed by atoms with Crippen LogP contribution in [0, 0.1) is 5.41 Å². The van der Waals surface area contributed by atoms with E-state index in [1.165, 1.54) is 0 Å². The van der Waals surface area contributed by atoms with Crippen LogP contribution in [0.15, 0.2) is 12.7 Å². The van der Waals surface area contributed by atoms with E-state index in [1.807, 2.05) is 0 Å². The molecule has 0 unspecified atom stereocenters. The summed E-state index contributed by atoms with van der Waals surface area (Å²) in [5, 5.41) is 33.8. The molecule has 0 aliphatic carbocycles. The Morgan fingerprint density at radius 3 is 1.72 bits per heavy atom. The van der Waals surface area contributed by atoms with Gasteiger partial charge in [0.2, 0.25) is 0 Å². The molecule has 0 spiro atoms. The van der Waals surface area contributed by atoms with Crippen molar-refractivity contribution >= 4 is 13.8 Å². The van der Waals surface area contributed by atoms with Gasteiger partial charge in [-0.2, -0.15) is 0 Å². The van der Waals surface area contributed by atoms with E-state index in [0.717, 1.165) is 6.08 Å². The Bertz CT molecular complexity index is 285. The third kappa shape index (κ3) is 10.4. The zero-order valence-electron chi connectivity index (χ0n) is 9.47. The molecule has 0 saturated heterocycles. The molecule has 10 heteroatoms. The van der Waals surface area contributed by atoms with E-state index in [9.17, 15) is 9.36 Å². The van der Waals surface area contributed by atoms with Crippen molar-refractivity contribution in [3.05, 3.63) is 12.7 Å². The molecule has 0 aromatic rings. The first kappa shape index (κ1) is 19.5. The van der Waals surface area contributed by atoms with E-state index < -0.39 is 45.6 Å². The Balaban J connectivity index is 0. The number of carbonyl (C=O) groups is 1. The molecule has 6 N–H and O–H groups in total. The highest BCUT2D eigenvalue weighted by molar-refractivity contribution is 7.46. The van der Waals surface area contributed by atoms with Crippen LogP contribution >= 0.6 is 7.82 Å². The molecule has 18 heavy (non-hydrogen) atoms. The van der Waals surface area contributed by atoms with E-state index in [-0.39, 0.29) is 0 Å². The van der Waals surface area contributed by atoms with Gasteiger partial charge >= 0.3 is 13.8 Å². The molecule has 0 radical (unpaired) electrons. The van der Waals surface area contributed by atoms with Gasteiger partial charge in [0.15, 0.2) is 0 Å². The molecular formula is C8H17O9P. The summed E-state index contributed by atoms with van der Waals surface area (Å²) in [4.78, 5) is 25.9. The van der Waals surface area contributed by atoms with Gasteiger partial charge in [0, 0.05) is 6.08 Å². The van der Waals surface area contributed by atoms with Gasteiger partial charge in [-0.3, -0.25) is 4.52 Å². The largest absolute Gasteiger partial charge is 0.478 e. The van der Waals surface area contributed by atoms with Gasteiger partial charge in [0.25, 0.3) is 0 Å². The second-order valence-corrected chi connectivity index (χ2v) is 4.52. The summed E-state index contributed by atoms with van der Waals surface area (Å²) >= 11 is 0. The van der Waals surface area contributed by atoms with Crippen LogP contribution in [0.2, 0.25) is 0 Å². The first-order valence-electron chi connectivity index (χ1n) is 4.54. The molecule has 9 nitrogen and oxygen atoms in total. The van der Waals surface area contributed by atoms with Gasteiger partial charge in [0.05, 0.1) is 31.8 Å². The lowest BCUT2D eigenvalue weighted by molar-refractivity contribution is -0.131. The van der Waals surface area contributed by atoms with Crippen molar-refractivity contribution < 1.29 is 44.1 Å². The summed E-state index contributed by atoms with van der Waals surface area (Å²) in [6.45, 7) is 0.475. The van der Waals surface area contributed by atoms with Crippen LogP contribution in [-0.4, -0.2) is 62.6 Å². The fourth-order valence-electron chi connectivity index (χ4n) is 0.508. The minimum Gasteiger partial charge on any atom is -0.478 e. The third-order valence-corrected chi connectivity index (χ3v) is 2.19. The van der Waals surface area contributed by atoms with Crippen LogP contribution in [-0.2, 0) is 13.9 Å². The van der Waals surface area contributed by atoms with Crippen molar-refractivity contribution in [1.29, 1.82) is 0 Å². The Morgan fingerprint density at radius 1 is 1.22 bits per heavy atom. The summed E-state index contributed by atoms with van der Waals surface area (Å²) < 4.78 is 14.3. The van der Waals surface area contributed by atoms with Crippen molar-refractivity contribution in [2.24, 2.45) is 5.41 Å². The van der Waals surface area contributed by atoms with Crippen molar-refractivity contribution in [3.63, 3.8) is 0 Å². The Hall–Kier alpha value is -0.800. The lowest BCUT2D eigenvalue weighted by Gasteiger charge is -2.26. The maximum atomic E-state index is 10.3. The quantitative estimate of drug-likeness (QED) is 0.237. The first-order chi connectivity index (χ1) is 8.16. The van der Waals surface area contributed by atoms with E-state index in [1.54, 1.807) is 0 Å². The molecule has 0 aromatic heterocycles. The maximum Gasteiger partial charge on any atom is 0.469 e. The van der Waals surface area contributed by atoms with Crippen molar-refractivity contribution in [1.82, 2.24) is 0 Å². The number of hydrogen-bond donors (Lipinski definition) is 6. The van der Waals surface area contributed by atoms with Crippen LogP contribution in [0.4, 0.5) is 0 Å². The number of hydrogen-bond acceptors (Lipinski definition) is 6. The first-order valence-corrected chi connectivity index (χ1v) is 6.07. The number of aliphatic hydroxyl groups is 3. The SMILES string of the molecule is C=CC(=O)O.O=P(O)(O)OCC(CO)(CO)CO. The molecule has 108 valence electrons. The minimum absolute atomic E-state index is 0.610. The van der Waals surface area contributed by atoms with Crippen LogP contribution in [0.1, 0.15) is 0 Å². The summed E-state index contributed by atoms with van der Waals surface area (Å²) in [5.41, 5.74) is -1.42. The lowest BCUT2D eigenvalue weighted by atomic mass is 9.93. The zero-order chi connectivity index (χ0) is 14.8. The molecule has 0 aliphatic rings. The second kappa shape index (κ2) is 9.17. The van der Waals surface area contributed by atoms with Gasteiger partial charge in [0.1, 0.15) is 0 Å². The number of aliphatic hydroxyl groups excluding tert-OH is 3. The third-order valence-electron chi connectivity index (χ3n) is 1.72. The molecule has 0 amide bonds. The van der Waals surface area contributed by atoms with E-state index in [2.05, 4.69) is 11.1 Å². The average Bonchev–Trinajstić information content (AvgIpc) is 2.31. The zero-order valence-corrected chi connectivity index (χ0v) is 10.4. The Kier molecular flexibility index (Phi) is 9.96. The smallest absolute Gasteiger partial charge is 0.469 e. The topological polar surface area (TPSA) is 165 Å². The van der Waals surface area contributed by atoms with Crippen LogP contribution < -0.4 is 0 Å². The van der Waals surface area contributed by atoms with Crippen LogP contribution in [0.5, 0.6) is 0 Å². The number of phosphoric acid groups is 1. The molecule has 0 fully saturated rings. The number of carboxylic acid groups (broad SMARTS) is 1. The molecule has 0 saturated carbocycles. The second-order valence-electron chi connectivity index (χ2n) is 3.28. The number of phosphoric ester groups is 1. The van der Waals surface area contributed by atoms with Gasteiger partial charge in [-0.05, 0) is 0 Å². The van der Waals surface area contributed by atoms with Crippen LogP contribution in [0.3, 0.4) is 0 Å². The van der Waals surface area contributed by atoms with Gasteiger partial charge in [-0.15, -0.1) is 0 Å². The van der Waals surface area contributed by atoms with Crippen molar-refractivity contribution in [2.45, 2.75) is 0 Å². The minimum atomic E-state index is -4.64. The summed E-state index contributed by atoms with van der Waals surface area (Å²) in [5.74, 6) is -0.981. The molecule has 0 aromatic carbocycles. The highest BCUT2D eigenvalue weighted by Crippen LogP contribution is 2.37. The summed E-state index contributed by atoms with van der Waals surface area (Å²) in [7, 11) is -4.64. The van der Waals surface area contributed by atoms with Crippen molar-refractivity contribution in [3.8, 4) is 0 Å². The molecule has 0 aliphatic heterocycles. The molecule has 0 atom stereocenters. The number of carboxylic acids is 1. The average molecular weight is 288 g/mol. The van der Waals surface area contributed by atoms with E-state index in [4.69, 9.17) is 30.2 Å². The molecule has 0 rings (SSSR count). The highest BCUT2D eigenvalue weighted by Gasteiger charge is 2.31.